The van der Waals surface area contributed by atoms with Gasteiger partial charge in [0, 0.05) is 49.7 Å². The zero-order chi connectivity index (χ0) is 22.1. The van der Waals surface area contributed by atoms with Crippen molar-refractivity contribution in [1.29, 1.82) is 0 Å². The van der Waals surface area contributed by atoms with E-state index in [4.69, 9.17) is 33.7 Å². The largest absolute Gasteiger partial charge is 0.372 e. The van der Waals surface area contributed by atoms with Crippen molar-refractivity contribution in [1.82, 2.24) is 24.1 Å². The van der Waals surface area contributed by atoms with E-state index in [2.05, 4.69) is 4.90 Å². The van der Waals surface area contributed by atoms with Gasteiger partial charge in [-0.05, 0) is 63.2 Å². The number of hydrogen-bond acceptors (Lipinski definition) is 5. The standard InChI is InChI=1S/C22H30ClN5O2S/c1-15-12-27(13-16(2)30-15)21(29)18-8-10-26(11-9-18)14-28-22(31)25(3)20(24-28)17-4-6-19(23)7-5-17/h4-7,15-16,18H,8-14H2,1-3H3/t15-,16-/m1/s1. The Morgan fingerprint density at radius 1 is 1.16 bits per heavy atom. The predicted molar refractivity (Wildman–Crippen MR) is 123 cm³/mol. The highest BCUT2D eigenvalue weighted by Crippen LogP contribution is 2.24. The van der Waals surface area contributed by atoms with E-state index in [1.165, 1.54) is 0 Å². The Kier molecular flexibility index (Phi) is 6.81. The SMILES string of the molecule is C[C@@H]1CN(C(=O)C2CCN(Cn3nc(-c4ccc(Cl)cc4)n(C)c3=S)CC2)C[C@@H](C)O1. The highest BCUT2D eigenvalue weighted by Gasteiger charge is 2.32. The number of benzene rings is 1. The molecule has 1 amide bonds. The Balaban J connectivity index is 1.37. The number of nitrogens with zero attached hydrogens (tertiary/aromatic N) is 5. The molecule has 0 radical (unpaired) electrons. The molecule has 31 heavy (non-hydrogen) atoms. The van der Waals surface area contributed by atoms with Crippen LogP contribution in [0.25, 0.3) is 11.4 Å². The summed E-state index contributed by atoms with van der Waals surface area (Å²) < 4.78 is 10.2. The molecule has 1 aromatic carbocycles. The Hall–Kier alpha value is -1.74. The fraction of sp³-hybridized carbons (Fsp3) is 0.591. The van der Waals surface area contributed by atoms with Crippen molar-refractivity contribution in [3.63, 3.8) is 0 Å². The third-order valence-electron chi connectivity index (χ3n) is 6.15. The van der Waals surface area contributed by atoms with Crippen molar-refractivity contribution in [3.05, 3.63) is 34.1 Å². The van der Waals surface area contributed by atoms with Crippen LogP contribution in [0.2, 0.25) is 5.02 Å². The van der Waals surface area contributed by atoms with Gasteiger partial charge in [0.2, 0.25) is 5.91 Å². The van der Waals surface area contributed by atoms with E-state index in [-0.39, 0.29) is 24.0 Å². The zero-order valence-electron chi connectivity index (χ0n) is 18.3. The third kappa shape index (κ3) is 5.03. The highest BCUT2D eigenvalue weighted by molar-refractivity contribution is 7.71. The van der Waals surface area contributed by atoms with Gasteiger partial charge in [0.15, 0.2) is 10.6 Å². The summed E-state index contributed by atoms with van der Waals surface area (Å²) in [5.41, 5.74) is 0.982. The summed E-state index contributed by atoms with van der Waals surface area (Å²) in [6, 6.07) is 7.62. The van der Waals surface area contributed by atoms with Gasteiger partial charge in [0.05, 0.1) is 18.9 Å². The second-order valence-electron chi connectivity index (χ2n) is 8.71. The number of likely N-dealkylation sites (tertiary alicyclic amines) is 1. The van der Waals surface area contributed by atoms with Gasteiger partial charge in [-0.15, -0.1) is 0 Å². The molecule has 2 fully saturated rings. The van der Waals surface area contributed by atoms with E-state index in [1.54, 1.807) is 0 Å². The van der Waals surface area contributed by atoms with Crippen molar-refractivity contribution in [2.24, 2.45) is 13.0 Å². The number of carbonyl (C=O) groups excluding carboxylic acids is 1. The average molecular weight is 464 g/mol. The van der Waals surface area contributed by atoms with Gasteiger partial charge in [-0.2, -0.15) is 5.10 Å². The zero-order valence-corrected chi connectivity index (χ0v) is 19.9. The molecule has 9 heteroatoms. The fourth-order valence-electron chi connectivity index (χ4n) is 4.56. The van der Waals surface area contributed by atoms with Crippen LogP contribution in [0.1, 0.15) is 26.7 Å². The summed E-state index contributed by atoms with van der Waals surface area (Å²) in [4.78, 5) is 17.3. The molecule has 0 bridgehead atoms. The maximum absolute atomic E-state index is 13.0. The van der Waals surface area contributed by atoms with Gasteiger partial charge in [-0.25, -0.2) is 4.68 Å². The smallest absolute Gasteiger partial charge is 0.225 e. The van der Waals surface area contributed by atoms with Crippen LogP contribution in [0.4, 0.5) is 0 Å². The lowest BCUT2D eigenvalue weighted by Gasteiger charge is -2.39. The Labute approximate surface area is 193 Å². The second-order valence-corrected chi connectivity index (χ2v) is 9.51. The number of amides is 1. The van der Waals surface area contributed by atoms with E-state index >= 15 is 0 Å². The third-order valence-corrected chi connectivity index (χ3v) is 6.88. The lowest BCUT2D eigenvalue weighted by atomic mass is 9.95. The predicted octanol–water partition coefficient (Wildman–Crippen LogP) is 3.58. The van der Waals surface area contributed by atoms with E-state index in [0.717, 1.165) is 37.3 Å². The quantitative estimate of drug-likeness (QED) is 0.649. The Bertz CT molecular complexity index is 971. The van der Waals surface area contributed by atoms with Crippen molar-refractivity contribution < 1.29 is 9.53 Å². The molecule has 0 unspecified atom stereocenters. The Morgan fingerprint density at radius 3 is 2.39 bits per heavy atom. The van der Waals surface area contributed by atoms with Crippen LogP contribution in [0.15, 0.2) is 24.3 Å². The van der Waals surface area contributed by atoms with Crippen molar-refractivity contribution in [3.8, 4) is 11.4 Å². The summed E-state index contributed by atoms with van der Waals surface area (Å²) >= 11 is 11.6. The molecule has 1 aromatic heterocycles. The number of piperidine rings is 1. The minimum atomic E-state index is 0.0927. The first kappa shape index (κ1) is 22.5. The lowest BCUT2D eigenvalue weighted by Crippen LogP contribution is -2.51. The summed E-state index contributed by atoms with van der Waals surface area (Å²) in [6.45, 7) is 7.81. The number of hydrogen-bond donors (Lipinski definition) is 0. The molecule has 0 aliphatic carbocycles. The monoisotopic (exact) mass is 463 g/mol. The molecule has 0 N–H and O–H groups in total. The average Bonchev–Trinajstić information content (AvgIpc) is 3.02. The number of rotatable bonds is 4. The van der Waals surface area contributed by atoms with Crippen LogP contribution in [0, 0.1) is 10.7 Å². The number of morpholine rings is 1. The number of ether oxygens (including phenoxy) is 1. The van der Waals surface area contributed by atoms with Crippen LogP contribution in [0.3, 0.4) is 0 Å². The van der Waals surface area contributed by atoms with Crippen molar-refractivity contribution >= 4 is 29.7 Å². The normalized spacial score (nSPS) is 23.3. The number of halogens is 1. The van der Waals surface area contributed by atoms with Crippen LogP contribution in [-0.4, -0.2) is 68.4 Å². The van der Waals surface area contributed by atoms with Gasteiger partial charge < -0.3 is 14.2 Å². The molecular weight excluding hydrogens is 434 g/mol. The summed E-state index contributed by atoms with van der Waals surface area (Å²) in [5.74, 6) is 1.19. The minimum absolute atomic E-state index is 0.0927. The molecule has 0 spiro atoms. The number of carbonyl (C=O) groups is 1. The first-order valence-corrected chi connectivity index (χ1v) is 11.7. The van der Waals surface area contributed by atoms with Crippen LogP contribution in [0.5, 0.6) is 0 Å². The van der Waals surface area contributed by atoms with Gasteiger partial charge in [-0.3, -0.25) is 9.69 Å². The van der Waals surface area contributed by atoms with Crippen LogP contribution in [-0.2, 0) is 23.2 Å². The van der Waals surface area contributed by atoms with Crippen LogP contribution < -0.4 is 0 Å². The molecular formula is C22H30ClN5O2S. The van der Waals surface area contributed by atoms with E-state index in [0.29, 0.717) is 29.6 Å². The second kappa shape index (κ2) is 9.40. The fourth-order valence-corrected chi connectivity index (χ4v) is 4.87. The molecule has 0 saturated carbocycles. The Morgan fingerprint density at radius 2 is 1.77 bits per heavy atom. The molecule has 2 atom stereocenters. The van der Waals surface area contributed by atoms with E-state index in [9.17, 15) is 4.79 Å². The van der Waals surface area contributed by atoms with Crippen molar-refractivity contribution in [2.75, 3.05) is 26.2 Å². The highest BCUT2D eigenvalue weighted by atomic mass is 35.5. The maximum atomic E-state index is 13.0. The molecule has 2 aliphatic rings. The summed E-state index contributed by atoms with van der Waals surface area (Å²) in [6.07, 6.45) is 1.94. The number of aromatic nitrogens is 3. The minimum Gasteiger partial charge on any atom is -0.372 e. The first-order valence-electron chi connectivity index (χ1n) is 10.9. The van der Waals surface area contributed by atoms with Gasteiger partial charge >= 0.3 is 0 Å². The lowest BCUT2D eigenvalue weighted by molar-refractivity contribution is -0.149. The summed E-state index contributed by atoms with van der Waals surface area (Å²) in [5, 5.41) is 5.45. The maximum Gasteiger partial charge on any atom is 0.225 e. The topological polar surface area (TPSA) is 55.5 Å². The van der Waals surface area contributed by atoms with Crippen molar-refractivity contribution in [2.45, 2.75) is 45.6 Å². The molecule has 4 rings (SSSR count). The van der Waals surface area contributed by atoms with E-state index in [1.807, 2.05) is 59.3 Å². The molecule has 168 valence electrons. The molecule has 2 aromatic rings. The molecule has 2 saturated heterocycles. The first-order chi connectivity index (χ1) is 14.8. The molecule has 7 nitrogen and oxygen atoms in total. The molecule has 2 aliphatic heterocycles. The van der Waals surface area contributed by atoms with Gasteiger partial charge in [0.1, 0.15) is 0 Å². The molecule has 3 heterocycles. The van der Waals surface area contributed by atoms with Gasteiger partial charge in [-0.1, -0.05) is 11.6 Å². The summed E-state index contributed by atoms with van der Waals surface area (Å²) in [7, 11) is 1.94. The van der Waals surface area contributed by atoms with E-state index < -0.39 is 0 Å². The van der Waals surface area contributed by atoms with Crippen LogP contribution >= 0.6 is 23.8 Å². The van der Waals surface area contributed by atoms with Gasteiger partial charge in [0.25, 0.3) is 0 Å².